The molecule has 9 heteroatoms. The fourth-order valence-electron chi connectivity index (χ4n) is 3.94. The van der Waals surface area contributed by atoms with Crippen LogP contribution in [0.4, 0.5) is 4.79 Å². The zero-order chi connectivity index (χ0) is 23.8. The normalized spacial score (nSPS) is 13.7. The summed E-state index contributed by atoms with van der Waals surface area (Å²) in [4.78, 5) is 23.9. The molecule has 1 aliphatic carbocycles. The Morgan fingerprint density at radius 1 is 1.03 bits per heavy atom. The lowest BCUT2D eigenvalue weighted by atomic mass is 9.98. The third-order valence-corrected chi connectivity index (χ3v) is 8.67. The monoisotopic (exact) mass is 491 g/mol. The highest BCUT2D eigenvalue weighted by molar-refractivity contribution is 8.00. The van der Waals surface area contributed by atoms with Gasteiger partial charge < -0.3 is 15.2 Å². The van der Waals surface area contributed by atoms with Gasteiger partial charge >= 0.3 is 12.1 Å². The van der Waals surface area contributed by atoms with E-state index in [0.29, 0.717) is 17.9 Å². The molecule has 1 unspecified atom stereocenters. The summed E-state index contributed by atoms with van der Waals surface area (Å²) in [6, 6.07) is 14.9. The molecule has 0 saturated heterocycles. The van der Waals surface area contributed by atoms with Gasteiger partial charge in [-0.2, -0.15) is 11.8 Å². The number of carboxylic acids is 1. The Kier molecular flexibility index (Phi) is 8.80. The van der Waals surface area contributed by atoms with Crippen molar-refractivity contribution >= 4 is 33.7 Å². The zero-order valence-corrected chi connectivity index (χ0v) is 20.2. The first-order valence-corrected chi connectivity index (χ1v) is 13.9. The Morgan fingerprint density at radius 2 is 1.64 bits per heavy atom. The Morgan fingerprint density at radius 3 is 2.21 bits per heavy atom. The van der Waals surface area contributed by atoms with Crippen molar-refractivity contribution in [3.05, 3.63) is 59.7 Å². The van der Waals surface area contributed by atoms with Crippen molar-refractivity contribution in [2.24, 2.45) is 0 Å². The second-order valence-corrected chi connectivity index (χ2v) is 11.4. The van der Waals surface area contributed by atoms with Crippen molar-refractivity contribution < 1.29 is 27.9 Å². The van der Waals surface area contributed by atoms with Gasteiger partial charge in [-0.3, -0.25) is 0 Å². The van der Waals surface area contributed by atoms with E-state index in [1.54, 1.807) is 0 Å². The number of hydrogen-bond donors (Lipinski definition) is 2. The van der Waals surface area contributed by atoms with Crippen LogP contribution in [0.15, 0.2) is 48.5 Å². The standard InChI is InChI=1S/C24H29NO6S2/c1-2-14-33(29,30)15-13-32-12-11-22(23(26)27)25-24(28)31-16-21-19-9-5-3-7-17(19)18-8-4-6-10-20(18)21/h3-10,21-22H,2,11-16H2,1H3,(H,25,28)(H,26,27). The van der Waals surface area contributed by atoms with Gasteiger partial charge in [-0.15, -0.1) is 0 Å². The van der Waals surface area contributed by atoms with Gasteiger partial charge in [-0.25, -0.2) is 18.0 Å². The molecule has 0 fully saturated rings. The number of thioether (sulfide) groups is 1. The van der Waals surface area contributed by atoms with Crippen molar-refractivity contribution in [3.63, 3.8) is 0 Å². The number of ether oxygens (including phenoxy) is 1. The second kappa shape index (κ2) is 11.6. The predicted molar refractivity (Wildman–Crippen MR) is 131 cm³/mol. The van der Waals surface area contributed by atoms with E-state index in [9.17, 15) is 23.1 Å². The molecule has 1 amide bonds. The van der Waals surface area contributed by atoms with Crippen molar-refractivity contribution in [1.82, 2.24) is 5.32 Å². The number of fused-ring (bicyclic) bond motifs is 3. The number of amides is 1. The highest BCUT2D eigenvalue weighted by Crippen LogP contribution is 2.44. The summed E-state index contributed by atoms with van der Waals surface area (Å²) in [6.07, 6.45) is -0.0179. The number of benzene rings is 2. The topological polar surface area (TPSA) is 110 Å². The van der Waals surface area contributed by atoms with E-state index in [1.807, 2.05) is 55.5 Å². The van der Waals surface area contributed by atoms with Gasteiger partial charge in [0.25, 0.3) is 0 Å². The van der Waals surface area contributed by atoms with Crippen LogP contribution in [0.25, 0.3) is 11.1 Å². The third-order valence-electron chi connectivity index (χ3n) is 5.54. The minimum Gasteiger partial charge on any atom is -0.480 e. The molecule has 178 valence electrons. The quantitative estimate of drug-likeness (QED) is 0.433. The number of carbonyl (C=O) groups is 2. The summed E-state index contributed by atoms with van der Waals surface area (Å²) >= 11 is 1.36. The van der Waals surface area contributed by atoms with Crippen molar-refractivity contribution in [1.29, 1.82) is 0 Å². The van der Waals surface area contributed by atoms with Crippen LogP contribution in [0, 0.1) is 0 Å². The molecule has 33 heavy (non-hydrogen) atoms. The maximum Gasteiger partial charge on any atom is 0.407 e. The van der Waals surface area contributed by atoms with Crippen LogP contribution in [0.1, 0.15) is 36.8 Å². The average molecular weight is 492 g/mol. The third kappa shape index (κ3) is 6.74. The lowest BCUT2D eigenvalue weighted by molar-refractivity contribution is -0.139. The summed E-state index contributed by atoms with van der Waals surface area (Å²) in [5.74, 6) is -0.200. The SMILES string of the molecule is CCCS(=O)(=O)CCSCCC(NC(=O)OCC1c2ccccc2-c2ccccc21)C(=O)O. The molecule has 2 aromatic carbocycles. The number of alkyl carbamates (subject to hydrolysis) is 1. The van der Waals surface area contributed by atoms with E-state index >= 15 is 0 Å². The summed E-state index contributed by atoms with van der Waals surface area (Å²) in [6.45, 7) is 1.92. The number of sulfone groups is 1. The van der Waals surface area contributed by atoms with Gasteiger partial charge in [0, 0.05) is 17.4 Å². The highest BCUT2D eigenvalue weighted by Gasteiger charge is 2.29. The molecule has 1 atom stereocenters. The lowest BCUT2D eigenvalue weighted by Gasteiger charge is -2.17. The van der Waals surface area contributed by atoms with E-state index in [1.165, 1.54) is 11.8 Å². The first-order valence-electron chi connectivity index (χ1n) is 10.9. The molecule has 2 aromatic rings. The van der Waals surface area contributed by atoms with Crippen molar-refractivity contribution in [3.8, 4) is 11.1 Å². The Bertz CT molecular complexity index is 1040. The van der Waals surface area contributed by atoms with Crippen LogP contribution in [-0.2, 0) is 19.4 Å². The predicted octanol–water partition coefficient (Wildman–Crippen LogP) is 3.93. The molecule has 3 rings (SSSR count). The van der Waals surface area contributed by atoms with E-state index < -0.39 is 27.9 Å². The number of rotatable bonds is 12. The minimum atomic E-state index is -3.05. The first-order chi connectivity index (χ1) is 15.8. The number of carbonyl (C=O) groups excluding carboxylic acids is 1. The zero-order valence-electron chi connectivity index (χ0n) is 18.5. The summed E-state index contributed by atoms with van der Waals surface area (Å²) in [7, 11) is -3.05. The van der Waals surface area contributed by atoms with Crippen LogP contribution < -0.4 is 5.32 Å². The van der Waals surface area contributed by atoms with Crippen LogP contribution in [0.2, 0.25) is 0 Å². The molecule has 0 heterocycles. The first kappa shape index (κ1) is 25.1. The van der Waals surface area contributed by atoms with E-state index in [4.69, 9.17) is 4.74 Å². The highest BCUT2D eigenvalue weighted by atomic mass is 32.2. The second-order valence-electron chi connectivity index (χ2n) is 7.91. The summed E-state index contributed by atoms with van der Waals surface area (Å²) in [5, 5.41) is 11.9. The van der Waals surface area contributed by atoms with Gasteiger partial charge in [-0.1, -0.05) is 55.5 Å². The number of nitrogens with one attached hydrogen (secondary N) is 1. The van der Waals surface area contributed by atoms with Crippen LogP contribution in [-0.4, -0.2) is 61.2 Å². The van der Waals surface area contributed by atoms with Crippen molar-refractivity contribution in [2.45, 2.75) is 31.7 Å². The van der Waals surface area contributed by atoms with Crippen LogP contribution in [0.3, 0.4) is 0 Å². The molecule has 0 radical (unpaired) electrons. The Hall–Kier alpha value is -2.52. The van der Waals surface area contributed by atoms with E-state index in [0.717, 1.165) is 22.3 Å². The van der Waals surface area contributed by atoms with Gasteiger partial charge in [0.2, 0.25) is 0 Å². The van der Waals surface area contributed by atoms with Gasteiger partial charge in [-0.05, 0) is 40.8 Å². The molecule has 0 aromatic heterocycles. The Balaban J connectivity index is 1.49. The molecule has 0 bridgehead atoms. The number of aliphatic carboxylic acids is 1. The molecular weight excluding hydrogens is 462 g/mol. The number of hydrogen-bond acceptors (Lipinski definition) is 6. The molecule has 0 saturated carbocycles. The van der Waals surface area contributed by atoms with E-state index in [-0.39, 0.29) is 30.5 Å². The smallest absolute Gasteiger partial charge is 0.407 e. The van der Waals surface area contributed by atoms with Crippen LogP contribution in [0.5, 0.6) is 0 Å². The lowest BCUT2D eigenvalue weighted by Crippen LogP contribution is -2.41. The van der Waals surface area contributed by atoms with Crippen molar-refractivity contribution in [2.75, 3.05) is 29.6 Å². The fourth-order valence-corrected chi connectivity index (χ4v) is 6.86. The molecule has 2 N–H and O–H groups in total. The average Bonchev–Trinajstić information content (AvgIpc) is 3.10. The minimum absolute atomic E-state index is 0.0725. The maximum atomic E-state index is 12.3. The van der Waals surface area contributed by atoms with Crippen LogP contribution >= 0.6 is 11.8 Å². The molecule has 1 aliphatic rings. The molecule has 7 nitrogen and oxygen atoms in total. The fraction of sp³-hybridized carbons (Fsp3) is 0.417. The molecule has 0 spiro atoms. The summed E-state index contributed by atoms with van der Waals surface area (Å²) < 4.78 is 28.9. The van der Waals surface area contributed by atoms with Gasteiger partial charge in [0.15, 0.2) is 9.84 Å². The largest absolute Gasteiger partial charge is 0.480 e. The van der Waals surface area contributed by atoms with Gasteiger partial charge in [0.05, 0.1) is 5.75 Å². The maximum absolute atomic E-state index is 12.3. The van der Waals surface area contributed by atoms with Gasteiger partial charge in [0.1, 0.15) is 12.6 Å². The molecule has 0 aliphatic heterocycles. The molecular formula is C24H29NO6S2. The summed E-state index contributed by atoms with van der Waals surface area (Å²) in [5.41, 5.74) is 4.39. The van der Waals surface area contributed by atoms with E-state index in [2.05, 4.69) is 5.32 Å². The Labute approximate surface area is 198 Å². The number of carboxylic acid groups (broad SMARTS) is 1.